The summed E-state index contributed by atoms with van der Waals surface area (Å²) in [5.74, 6) is 1.79. The van der Waals surface area contributed by atoms with Crippen LogP contribution in [0.4, 0.5) is 5.82 Å². The quantitative estimate of drug-likeness (QED) is 0.771. The fourth-order valence-corrected chi connectivity index (χ4v) is 3.91. The normalized spacial score (nSPS) is 18.6. The number of hydrogen-bond donors (Lipinski definition) is 2. The molecule has 2 N–H and O–H groups in total. The molecule has 6 nitrogen and oxygen atoms in total. The van der Waals surface area contributed by atoms with Crippen LogP contribution in [0.1, 0.15) is 35.4 Å². The molecule has 0 bridgehead atoms. The van der Waals surface area contributed by atoms with E-state index in [0.717, 1.165) is 55.7 Å². The SMILES string of the molecule is c1cncc(-c2nc3c(c(NC4CCc5[nH]ncc5C4)n2)CCC3)c1. The molecule has 6 heteroatoms. The van der Waals surface area contributed by atoms with E-state index < -0.39 is 0 Å². The van der Waals surface area contributed by atoms with Crippen molar-refractivity contribution in [3.63, 3.8) is 0 Å². The second-order valence-electron chi connectivity index (χ2n) is 6.87. The Kier molecular flexibility index (Phi) is 3.47. The third-order valence-corrected chi connectivity index (χ3v) is 5.21. The van der Waals surface area contributed by atoms with E-state index in [9.17, 15) is 0 Å². The van der Waals surface area contributed by atoms with Gasteiger partial charge in [0.25, 0.3) is 0 Å². The van der Waals surface area contributed by atoms with Gasteiger partial charge in [-0.25, -0.2) is 9.97 Å². The Morgan fingerprint density at radius 1 is 1.12 bits per heavy atom. The Morgan fingerprint density at radius 3 is 3.04 bits per heavy atom. The molecule has 3 heterocycles. The lowest BCUT2D eigenvalue weighted by Crippen LogP contribution is -2.28. The van der Waals surface area contributed by atoms with Crippen molar-refractivity contribution in [2.45, 2.75) is 44.6 Å². The summed E-state index contributed by atoms with van der Waals surface area (Å²) < 4.78 is 0. The lowest BCUT2D eigenvalue weighted by molar-refractivity contribution is 0.601. The topological polar surface area (TPSA) is 79.4 Å². The molecule has 25 heavy (non-hydrogen) atoms. The summed E-state index contributed by atoms with van der Waals surface area (Å²) in [5.41, 5.74) is 6.06. The fraction of sp³-hybridized carbons (Fsp3) is 0.368. The second kappa shape index (κ2) is 5.95. The van der Waals surface area contributed by atoms with Crippen molar-refractivity contribution in [2.75, 3.05) is 5.32 Å². The fourth-order valence-electron chi connectivity index (χ4n) is 3.91. The van der Waals surface area contributed by atoms with E-state index in [4.69, 9.17) is 9.97 Å². The van der Waals surface area contributed by atoms with Crippen LogP contribution in [-0.4, -0.2) is 31.2 Å². The van der Waals surface area contributed by atoms with Gasteiger partial charge in [-0.15, -0.1) is 0 Å². The molecule has 0 saturated heterocycles. The van der Waals surface area contributed by atoms with E-state index in [0.29, 0.717) is 6.04 Å². The van der Waals surface area contributed by atoms with Crippen molar-refractivity contribution in [2.24, 2.45) is 0 Å². The van der Waals surface area contributed by atoms with E-state index in [1.807, 2.05) is 24.5 Å². The molecule has 1 unspecified atom stereocenters. The number of H-pyrrole nitrogens is 1. The van der Waals surface area contributed by atoms with Gasteiger partial charge >= 0.3 is 0 Å². The van der Waals surface area contributed by atoms with Gasteiger partial charge < -0.3 is 5.32 Å². The predicted octanol–water partition coefficient (Wildman–Crippen LogP) is 2.72. The molecule has 1 atom stereocenters. The smallest absolute Gasteiger partial charge is 0.163 e. The van der Waals surface area contributed by atoms with Gasteiger partial charge in [-0.2, -0.15) is 5.10 Å². The van der Waals surface area contributed by atoms with Gasteiger partial charge in [0, 0.05) is 41.0 Å². The number of fused-ring (bicyclic) bond motifs is 2. The lowest BCUT2D eigenvalue weighted by Gasteiger charge is -2.24. The molecule has 0 amide bonds. The van der Waals surface area contributed by atoms with Crippen LogP contribution < -0.4 is 5.32 Å². The molecule has 3 aromatic rings. The van der Waals surface area contributed by atoms with Gasteiger partial charge in [0.05, 0.1) is 6.20 Å². The number of nitrogens with one attached hydrogen (secondary N) is 2. The van der Waals surface area contributed by atoms with Gasteiger partial charge in [-0.3, -0.25) is 10.1 Å². The minimum absolute atomic E-state index is 0.395. The third kappa shape index (κ3) is 2.67. The van der Waals surface area contributed by atoms with E-state index in [-0.39, 0.29) is 0 Å². The highest BCUT2D eigenvalue weighted by atomic mass is 15.1. The van der Waals surface area contributed by atoms with Gasteiger partial charge in [-0.1, -0.05) is 0 Å². The number of nitrogens with zero attached hydrogens (tertiary/aromatic N) is 4. The summed E-state index contributed by atoms with van der Waals surface area (Å²) in [6.45, 7) is 0. The predicted molar refractivity (Wildman–Crippen MR) is 95.3 cm³/mol. The maximum Gasteiger partial charge on any atom is 0.163 e. The standard InChI is InChI=1S/C19H20N6/c1-4-15-17(5-1)23-18(12-3-2-8-20-10-12)24-19(15)22-14-6-7-16-13(9-14)11-21-25-16/h2-3,8,10-11,14H,1,4-7,9H2,(H,21,25)(H,22,23,24). The Morgan fingerprint density at radius 2 is 2.12 bits per heavy atom. The first kappa shape index (κ1) is 14.6. The second-order valence-corrected chi connectivity index (χ2v) is 6.87. The first-order valence-corrected chi connectivity index (χ1v) is 8.94. The number of aromatic amines is 1. The molecule has 0 aromatic carbocycles. The minimum Gasteiger partial charge on any atom is -0.367 e. The van der Waals surface area contributed by atoms with Crippen molar-refractivity contribution in [3.05, 3.63) is 53.2 Å². The summed E-state index contributed by atoms with van der Waals surface area (Å²) in [7, 11) is 0. The largest absolute Gasteiger partial charge is 0.367 e. The average Bonchev–Trinajstić information content (AvgIpc) is 3.31. The highest BCUT2D eigenvalue weighted by Crippen LogP contribution is 2.31. The highest BCUT2D eigenvalue weighted by Gasteiger charge is 2.24. The summed E-state index contributed by atoms with van der Waals surface area (Å²) in [5, 5.41) is 11.0. The van der Waals surface area contributed by atoms with Crippen molar-refractivity contribution in [3.8, 4) is 11.4 Å². The lowest BCUT2D eigenvalue weighted by atomic mass is 9.93. The molecular formula is C19H20N6. The van der Waals surface area contributed by atoms with Crippen LogP contribution in [0.25, 0.3) is 11.4 Å². The Balaban J connectivity index is 1.48. The van der Waals surface area contributed by atoms with Crippen molar-refractivity contribution >= 4 is 5.82 Å². The summed E-state index contributed by atoms with van der Waals surface area (Å²) in [4.78, 5) is 13.9. The average molecular weight is 332 g/mol. The van der Waals surface area contributed by atoms with Crippen LogP contribution in [0.3, 0.4) is 0 Å². The molecular weight excluding hydrogens is 312 g/mol. The van der Waals surface area contributed by atoms with Crippen molar-refractivity contribution < 1.29 is 0 Å². The first-order chi connectivity index (χ1) is 12.4. The molecule has 3 aromatic heterocycles. The minimum atomic E-state index is 0.395. The van der Waals surface area contributed by atoms with E-state index in [1.165, 1.54) is 22.5 Å². The maximum atomic E-state index is 4.87. The van der Waals surface area contributed by atoms with Gasteiger partial charge in [0.2, 0.25) is 0 Å². The number of hydrogen-bond acceptors (Lipinski definition) is 5. The number of aromatic nitrogens is 5. The van der Waals surface area contributed by atoms with Gasteiger partial charge in [0.1, 0.15) is 5.82 Å². The van der Waals surface area contributed by atoms with Crippen LogP contribution in [0.15, 0.2) is 30.7 Å². The van der Waals surface area contributed by atoms with Crippen LogP contribution in [-0.2, 0) is 25.7 Å². The zero-order chi connectivity index (χ0) is 16.6. The third-order valence-electron chi connectivity index (χ3n) is 5.21. The molecule has 0 saturated carbocycles. The summed E-state index contributed by atoms with van der Waals surface area (Å²) in [6, 6.07) is 4.35. The molecule has 2 aliphatic carbocycles. The monoisotopic (exact) mass is 332 g/mol. The number of aryl methyl sites for hydroxylation is 2. The number of pyridine rings is 1. The van der Waals surface area contributed by atoms with E-state index >= 15 is 0 Å². The van der Waals surface area contributed by atoms with Crippen molar-refractivity contribution in [1.29, 1.82) is 0 Å². The Hall–Kier alpha value is -2.76. The van der Waals surface area contributed by atoms with Crippen molar-refractivity contribution in [1.82, 2.24) is 25.1 Å². The molecule has 0 radical (unpaired) electrons. The first-order valence-electron chi connectivity index (χ1n) is 8.94. The van der Waals surface area contributed by atoms with Crippen LogP contribution >= 0.6 is 0 Å². The zero-order valence-electron chi connectivity index (χ0n) is 14.0. The van der Waals surface area contributed by atoms with Gasteiger partial charge in [0.15, 0.2) is 5.82 Å². The van der Waals surface area contributed by atoms with Gasteiger partial charge in [-0.05, 0) is 56.2 Å². The zero-order valence-corrected chi connectivity index (χ0v) is 14.0. The molecule has 2 aliphatic rings. The maximum absolute atomic E-state index is 4.87. The van der Waals surface area contributed by atoms with E-state index in [1.54, 1.807) is 6.20 Å². The Labute approximate surface area is 146 Å². The summed E-state index contributed by atoms with van der Waals surface area (Å²) >= 11 is 0. The number of anilines is 1. The Bertz CT molecular complexity index is 902. The van der Waals surface area contributed by atoms with Crippen LogP contribution in [0, 0.1) is 0 Å². The molecule has 126 valence electrons. The summed E-state index contributed by atoms with van der Waals surface area (Å²) in [6.07, 6.45) is 11.9. The molecule has 0 fully saturated rings. The van der Waals surface area contributed by atoms with E-state index in [2.05, 4.69) is 20.5 Å². The molecule has 0 spiro atoms. The van der Waals surface area contributed by atoms with Crippen LogP contribution in [0.2, 0.25) is 0 Å². The van der Waals surface area contributed by atoms with Crippen LogP contribution in [0.5, 0.6) is 0 Å². The molecule has 0 aliphatic heterocycles. The molecule has 5 rings (SSSR count). The highest BCUT2D eigenvalue weighted by molar-refractivity contribution is 5.60. The number of rotatable bonds is 3.